The number of aromatic nitrogens is 3. The van der Waals surface area contributed by atoms with Crippen LogP contribution in [0.4, 0.5) is 0 Å². The molecule has 0 bridgehead atoms. The highest BCUT2D eigenvalue weighted by Crippen LogP contribution is 2.14. The summed E-state index contributed by atoms with van der Waals surface area (Å²) < 4.78 is 0. The Kier molecular flexibility index (Phi) is 6.43. The highest BCUT2D eigenvalue weighted by molar-refractivity contribution is 5.98. The Morgan fingerprint density at radius 1 is 1.30 bits per heavy atom. The highest BCUT2D eigenvalue weighted by atomic mass is 16.2. The van der Waals surface area contributed by atoms with Crippen molar-refractivity contribution in [2.75, 3.05) is 19.6 Å². The summed E-state index contributed by atoms with van der Waals surface area (Å²) in [5.41, 5.74) is 2.17. The first-order valence-corrected chi connectivity index (χ1v) is 9.18. The van der Waals surface area contributed by atoms with E-state index in [0.717, 1.165) is 17.7 Å². The van der Waals surface area contributed by atoms with Gasteiger partial charge in [-0.1, -0.05) is 13.3 Å². The molecule has 0 radical (unpaired) electrons. The SMILES string of the molecule is CCCc1ncncc1C(=O)N1CCNCC1C(=O)NCc1ccncc1. The molecule has 2 aromatic rings. The van der Waals surface area contributed by atoms with Crippen molar-refractivity contribution in [3.63, 3.8) is 0 Å². The van der Waals surface area contributed by atoms with Crippen LogP contribution in [-0.2, 0) is 17.8 Å². The number of carbonyl (C=O) groups is 2. The van der Waals surface area contributed by atoms with Gasteiger partial charge in [-0.05, 0) is 24.1 Å². The molecule has 1 saturated heterocycles. The average Bonchev–Trinajstić information content (AvgIpc) is 2.73. The third kappa shape index (κ3) is 4.65. The standard InChI is InChI=1S/C19H24N6O2/c1-2-3-16-15(11-22-13-24-16)19(27)25-9-8-21-12-17(25)18(26)23-10-14-4-6-20-7-5-14/h4-7,11,13,17,21H,2-3,8-10,12H2,1H3,(H,23,26). The number of amides is 2. The van der Waals surface area contributed by atoms with E-state index in [9.17, 15) is 9.59 Å². The average molecular weight is 368 g/mol. The summed E-state index contributed by atoms with van der Waals surface area (Å²) >= 11 is 0. The third-order valence-electron chi connectivity index (χ3n) is 4.53. The summed E-state index contributed by atoms with van der Waals surface area (Å²) in [7, 11) is 0. The fraction of sp³-hybridized carbons (Fsp3) is 0.421. The van der Waals surface area contributed by atoms with Gasteiger partial charge in [-0.15, -0.1) is 0 Å². The number of hydrogen-bond donors (Lipinski definition) is 2. The zero-order valence-electron chi connectivity index (χ0n) is 15.4. The Bertz CT molecular complexity index is 783. The fourth-order valence-electron chi connectivity index (χ4n) is 3.11. The van der Waals surface area contributed by atoms with E-state index in [2.05, 4.69) is 25.6 Å². The molecule has 2 N–H and O–H groups in total. The van der Waals surface area contributed by atoms with Gasteiger partial charge in [0.2, 0.25) is 5.91 Å². The van der Waals surface area contributed by atoms with Crippen LogP contribution in [0.2, 0.25) is 0 Å². The maximum Gasteiger partial charge on any atom is 0.258 e. The Morgan fingerprint density at radius 3 is 2.89 bits per heavy atom. The quantitative estimate of drug-likeness (QED) is 0.773. The van der Waals surface area contributed by atoms with Crippen LogP contribution in [0.5, 0.6) is 0 Å². The highest BCUT2D eigenvalue weighted by Gasteiger charge is 2.33. The lowest BCUT2D eigenvalue weighted by atomic mass is 10.1. The van der Waals surface area contributed by atoms with Crippen molar-refractivity contribution in [2.45, 2.75) is 32.4 Å². The summed E-state index contributed by atoms with van der Waals surface area (Å²) in [6.07, 6.45) is 7.96. The van der Waals surface area contributed by atoms with Crippen LogP contribution in [-0.4, -0.2) is 57.3 Å². The van der Waals surface area contributed by atoms with E-state index < -0.39 is 6.04 Å². The van der Waals surface area contributed by atoms with E-state index in [1.165, 1.54) is 6.33 Å². The van der Waals surface area contributed by atoms with Crippen LogP contribution in [0.3, 0.4) is 0 Å². The molecular formula is C19H24N6O2. The Labute approximate surface area is 158 Å². The van der Waals surface area contributed by atoms with Gasteiger partial charge in [-0.3, -0.25) is 14.6 Å². The molecule has 8 nitrogen and oxygen atoms in total. The molecule has 0 spiro atoms. The minimum absolute atomic E-state index is 0.179. The van der Waals surface area contributed by atoms with Gasteiger partial charge in [-0.2, -0.15) is 0 Å². The molecule has 1 aliphatic heterocycles. The lowest BCUT2D eigenvalue weighted by Gasteiger charge is -2.35. The van der Waals surface area contributed by atoms with E-state index in [1.54, 1.807) is 23.5 Å². The second-order valence-corrected chi connectivity index (χ2v) is 6.42. The van der Waals surface area contributed by atoms with Crippen LogP contribution in [0.25, 0.3) is 0 Å². The molecule has 1 atom stereocenters. The van der Waals surface area contributed by atoms with Crippen molar-refractivity contribution in [3.05, 3.63) is 53.9 Å². The largest absolute Gasteiger partial charge is 0.350 e. The van der Waals surface area contributed by atoms with E-state index >= 15 is 0 Å². The van der Waals surface area contributed by atoms with Gasteiger partial charge in [0, 0.05) is 44.8 Å². The van der Waals surface area contributed by atoms with Crippen molar-refractivity contribution in [1.82, 2.24) is 30.5 Å². The third-order valence-corrected chi connectivity index (χ3v) is 4.53. The van der Waals surface area contributed by atoms with E-state index in [-0.39, 0.29) is 11.8 Å². The van der Waals surface area contributed by atoms with Crippen LogP contribution in [0.15, 0.2) is 37.1 Å². The molecular weight excluding hydrogens is 344 g/mol. The van der Waals surface area contributed by atoms with Gasteiger partial charge in [0.05, 0.1) is 11.3 Å². The molecule has 27 heavy (non-hydrogen) atoms. The molecule has 8 heteroatoms. The van der Waals surface area contributed by atoms with Crippen LogP contribution >= 0.6 is 0 Å². The molecule has 2 aromatic heterocycles. The van der Waals surface area contributed by atoms with Crippen LogP contribution in [0.1, 0.15) is 35.0 Å². The number of hydrogen-bond acceptors (Lipinski definition) is 6. The van der Waals surface area contributed by atoms with Crippen molar-refractivity contribution in [1.29, 1.82) is 0 Å². The van der Waals surface area contributed by atoms with Gasteiger partial charge < -0.3 is 15.5 Å². The van der Waals surface area contributed by atoms with Crippen LogP contribution < -0.4 is 10.6 Å². The van der Waals surface area contributed by atoms with Gasteiger partial charge >= 0.3 is 0 Å². The van der Waals surface area contributed by atoms with Crippen molar-refractivity contribution >= 4 is 11.8 Å². The number of nitrogens with zero attached hydrogens (tertiary/aromatic N) is 4. The van der Waals surface area contributed by atoms with Gasteiger partial charge in [0.1, 0.15) is 12.4 Å². The number of carbonyl (C=O) groups excluding carboxylic acids is 2. The second kappa shape index (κ2) is 9.18. The molecule has 2 amide bonds. The monoisotopic (exact) mass is 368 g/mol. The van der Waals surface area contributed by atoms with Gasteiger partial charge in [0.25, 0.3) is 5.91 Å². The lowest BCUT2D eigenvalue weighted by Crippen LogP contribution is -2.59. The molecule has 142 valence electrons. The topological polar surface area (TPSA) is 100 Å². The summed E-state index contributed by atoms with van der Waals surface area (Å²) in [4.78, 5) is 39.7. The van der Waals surface area contributed by atoms with Crippen molar-refractivity contribution in [2.24, 2.45) is 0 Å². The molecule has 3 rings (SSSR count). The molecule has 1 fully saturated rings. The number of rotatable bonds is 6. The second-order valence-electron chi connectivity index (χ2n) is 6.42. The summed E-state index contributed by atoms with van der Waals surface area (Å²) in [6.45, 7) is 3.97. The van der Waals surface area contributed by atoms with Gasteiger partial charge in [0.15, 0.2) is 0 Å². The zero-order valence-corrected chi connectivity index (χ0v) is 15.4. The smallest absolute Gasteiger partial charge is 0.258 e. The predicted molar refractivity (Wildman–Crippen MR) is 99.8 cm³/mol. The normalized spacial score (nSPS) is 16.8. The maximum atomic E-state index is 13.1. The van der Waals surface area contributed by atoms with E-state index in [1.807, 2.05) is 19.1 Å². The van der Waals surface area contributed by atoms with E-state index in [4.69, 9.17) is 0 Å². The number of aryl methyl sites for hydroxylation is 1. The summed E-state index contributed by atoms with van der Waals surface area (Å²) in [5.74, 6) is -0.370. The lowest BCUT2D eigenvalue weighted by molar-refractivity contribution is -0.126. The Hall–Kier alpha value is -2.87. The molecule has 3 heterocycles. The molecule has 0 saturated carbocycles. The first-order valence-electron chi connectivity index (χ1n) is 9.18. The van der Waals surface area contributed by atoms with Crippen molar-refractivity contribution < 1.29 is 9.59 Å². The summed E-state index contributed by atoms with van der Waals surface area (Å²) in [5, 5.41) is 6.11. The molecule has 0 aromatic carbocycles. The predicted octanol–water partition coefficient (Wildman–Crippen LogP) is 0.555. The first kappa shape index (κ1) is 18.9. The Morgan fingerprint density at radius 2 is 2.11 bits per heavy atom. The number of nitrogens with one attached hydrogen (secondary N) is 2. The Balaban J connectivity index is 1.73. The van der Waals surface area contributed by atoms with Crippen molar-refractivity contribution in [3.8, 4) is 0 Å². The number of piperazine rings is 1. The molecule has 0 aliphatic carbocycles. The fourth-order valence-corrected chi connectivity index (χ4v) is 3.11. The minimum Gasteiger partial charge on any atom is -0.350 e. The zero-order chi connectivity index (χ0) is 19.1. The molecule has 1 aliphatic rings. The maximum absolute atomic E-state index is 13.1. The summed E-state index contributed by atoms with van der Waals surface area (Å²) in [6, 6.07) is 3.13. The molecule has 1 unspecified atom stereocenters. The minimum atomic E-state index is -0.567. The number of pyridine rings is 1. The van der Waals surface area contributed by atoms with E-state index in [0.29, 0.717) is 38.2 Å². The van der Waals surface area contributed by atoms with Gasteiger partial charge in [-0.25, -0.2) is 9.97 Å². The van der Waals surface area contributed by atoms with Crippen LogP contribution in [0, 0.1) is 0 Å². The first-order chi connectivity index (χ1) is 13.2.